The zero-order valence-corrected chi connectivity index (χ0v) is 15.3. The van der Waals surface area contributed by atoms with Crippen molar-refractivity contribution in [1.29, 1.82) is 0 Å². The molecule has 1 fully saturated rings. The molecule has 3 aliphatic rings. The molecule has 2 atom stereocenters. The third kappa shape index (κ3) is 2.69. The third-order valence-electron chi connectivity index (χ3n) is 5.85. The van der Waals surface area contributed by atoms with Crippen LogP contribution in [0.1, 0.15) is 43.2 Å². The number of carboxylic acids is 1. The monoisotopic (exact) mass is 374 g/mol. The second-order valence-electron chi connectivity index (χ2n) is 7.49. The number of hydrogen-bond acceptors (Lipinski definition) is 4. The largest absolute Gasteiger partial charge is 0.480 e. The van der Waals surface area contributed by atoms with Crippen LogP contribution >= 0.6 is 12.6 Å². The summed E-state index contributed by atoms with van der Waals surface area (Å²) in [6.45, 7) is 0. The number of carbonyl (C=O) groups excluding carboxylic acids is 2. The van der Waals surface area contributed by atoms with Crippen LogP contribution in [0.25, 0.3) is 0 Å². The Morgan fingerprint density at radius 3 is 2.62 bits per heavy atom. The van der Waals surface area contributed by atoms with Gasteiger partial charge in [-0.25, -0.2) is 4.79 Å². The predicted octanol–water partition coefficient (Wildman–Crippen LogP) is 1.70. The maximum Gasteiger partial charge on any atom is 0.327 e. The molecule has 26 heavy (non-hydrogen) atoms. The summed E-state index contributed by atoms with van der Waals surface area (Å²) in [5.74, 6) is -1.56. The van der Waals surface area contributed by atoms with E-state index in [1.54, 1.807) is 0 Å². The van der Waals surface area contributed by atoms with E-state index in [1.165, 1.54) is 4.90 Å². The lowest BCUT2D eigenvalue weighted by atomic mass is 10.0. The molecular formula is C19H22N2O4S. The summed E-state index contributed by atoms with van der Waals surface area (Å²) in [6, 6.07) is 4.09. The average molecular weight is 374 g/mol. The van der Waals surface area contributed by atoms with E-state index in [0.29, 0.717) is 32.1 Å². The first kappa shape index (κ1) is 17.4. The number of nitrogens with zero attached hydrogens (tertiary/aromatic N) is 1. The van der Waals surface area contributed by atoms with Gasteiger partial charge < -0.3 is 10.4 Å². The first-order valence-electron chi connectivity index (χ1n) is 9.11. The molecule has 1 aromatic rings. The van der Waals surface area contributed by atoms with Gasteiger partial charge in [0.15, 0.2) is 0 Å². The molecule has 0 bridgehead atoms. The van der Waals surface area contributed by atoms with E-state index in [9.17, 15) is 19.5 Å². The van der Waals surface area contributed by atoms with Crippen LogP contribution in [0.5, 0.6) is 0 Å². The zero-order valence-electron chi connectivity index (χ0n) is 14.4. The van der Waals surface area contributed by atoms with Crippen molar-refractivity contribution in [2.45, 2.75) is 61.8 Å². The van der Waals surface area contributed by atoms with Gasteiger partial charge in [0.1, 0.15) is 12.1 Å². The number of aryl methyl sites for hydroxylation is 1. The van der Waals surface area contributed by atoms with Crippen LogP contribution in [0.4, 0.5) is 5.69 Å². The van der Waals surface area contributed by atoms with Crippen LogP contribution in [0.2, 0.25) is 0 Å². The first-order chi connectivity index (χ1) is 12.4. The molecule has 2 amide bonds. The molecule has 1 aromatic carbocycles. The van der Waals surface area contributed by atoms with Gasteiger partial charge >= 0.3 is 5.97 Å². The normalized spacial score (nSPS) is 26.3. The van der Waals surface area contributed by atoms with E-state index in [1.807, 2.05) is 18.2 Å². The van der Waals surface area contributed by atoms with Crippen molar-refractivity contribution in [1.82, 2.24) is 5.32 Å². The fraction of sp³-hybridized carbons (Fsp3) is 0.526. The predicted molar refractivity (Wildman–Crippen MR) is 99.5 cm³/mol. The molecule has 2 heterocycles. The molecule has 1 aliphatic carbocycles. The van der Waals surface area contributed by atoms with Crippen molar-refractivity contribution in [3.63, 3.8) is 0 Å². The summed E-state index contributed by atoms with van der Waals surface area (Å²) in [6.07, 6.45) is 4.72. The van der Waals surface area contributed by atoms with Gasteiger partial charge in [-0.1, -0.05) is 31.0 Å². The SMILES string of the molecule is O=C(O)[C@@H]1Cc2cccc3c2N1C(=O)C(NC(=O)C1(S)CCCC1)CC3. The van der Waals surface area contributed by atoms with E-state index in [-0.39, 0.29) is 11.8 Å². The number of benzene rings is 1. The Morgan fingerprint density at radius 1 is 1.23 bits per heavy atom. The molecule has 1 saturated carbocycles. The number of carboxylic acid groups (broad SMARTS) is 1. The lowest BCUT2D eigenvalue weighted by molar-refractivity contribution is -0.140. The van der Waals surface area contributed by atoms with Crippen LogP contribution in [0.3, 0.4) is 0 Å². The third-order valence-corrected chi connectivity index (χ3v) is 6.50. The van der Waals surface area contributed by atoms with Gasteiger partial charge in [0.2, 0.25) is 11.8 Å². The van der Waals surface area contributed by atoms with Crippen molar-refractivity contribution >= 4 is 36.1 Å². The van der Waals surface area contributed by atoms with Crippen molar-refractivity contribution in [2.24, 2.45) is 0 Å². The Kier molecular flexibility index (Phi) is 4.22. The van der Waals surface area contributed by atoms with E-state index in [4.69, 9.17) is 0 Å². The molecule has 1 unspecified atom stereocenters. The molecule has 4 rings (SSSR count). The number of nitrogens with one attached hydrogen (secondary N) is 1. The highest BCUT2D eigenvalue weighted by Gasteiger charge is 2.45. The summed E-state index contributed by atoms with van der Waals surface area (Å²) in [7, 11) is 0. The van der Waals surface area contributed by atoms with Crippen LogP contribution in [0, 0.1) is 0 Å². The number of hydrogen-bond donors (Lipinski definition) is 3. The highest BCUT2D eigenvalue weighted by Crippen LogP contribution is 2.40. The topological polar surface area (TPSA) is 86.7 Å². The fourth-order valence-corrected chi connectivity index (χ4v) is 4.82. The Labute approximate surface area is 157 Å². The molecule has 0 aromatic heterocycles. The second-order valence-corrected chi connectivity index (χ2v) is 8.35. The van der Waals surface area contributed by atoms with Crippen molar-refractivity contribution in [3.05, 3.63) is 29.3 Å². The van der Waals surface area contributed by atoms with E-state index in [0.717, 1.165) is 29.7 Å². The van der Waals surface area contributed by atoms with E-state index < -0.39 is 22.8 Å². The average Bonchev–Trinajstić information content (AvgIpc) is 3.19. The number of para-hydroxylation sites is 1. The lowest BCUT2D eigenvalue weighted by Gasteiger charge is -2.29. The highest BCUT2D eigenvalue weighted by atomic mass is 32.1. The minimum Gasteiger partial charge on any atom is -0.480 e. The summed E-state index contributed by atoms with van der Waals surface area (Å²) >= 11 is 4.56. The Balaban J connectivity index is 1.64. The number of carbonyl (C=O) groups is 3. The van der Waals surface area contributed by atoms with Gasteiger partial charge in [0.05, 0.1) is 10.4 Å². The van der Waals surface area contributed by atoms with E-state index >= 15 is 0 Å². The lowest BCUT2D eigenvalue weighted by Crippen LogP contribution is -2.55. The number of rotatable bonds is 3. The molecule has 2 N–H and O–H groups in total. The Bertz CT molecular complexity index is 788. The Hall–Kier alpha value is -2.02. The molecule has 6 nitrogen and oxygen atoms in total. The minimum absolute atomic E-state index is 0.214. The van der Waals surface area contributed by atoms with Crippen LogP contribution in [-0.4, -0.2) is 39.7 Å². The molecule has 0 saturated heterocycles. The first-order valence-corrected chi connectivity index (χ1v) is 9.55. The quantitative estimate of drug-likeness (QED) is 0.703. The van der Waals surface area contributed by atoms with Crippen LogP contribution in [0.15, 0.2) is 18.2 Å². The number of aliphatic carboxylic acids is 1. The van der Waals surface area contributed by atoms with Gasteiger partial charge in [0, 0.05) is 6.42 Å². The summed E-state index contributed by atoms with van der Waals surface area (Å²) in [5, 5.41) is 12.5. The maximum atomic E-state index is 13.2. The number of amides is 2. The zero-order chi connectivity index (χ0) is 18.5. The van der Waals surface area contributed by atoms with Crippen molar-refractivity contribution in [3.8, 4) is 0 Å². The smallest absolute Gasteiger partial charge is 0.327 e. The summed E-state index contributed by atoms with van der Waals surface area (Å²) in [5.41, 5.74) is 2.58. The van der Waals surface area contributed by atoms with Gasteiger partial charge in [-0.05, 0) is 36.8 Å². The number of anilines is 1. The van der Waals surface area contributed by atoms with Crippen LogP contribution in [-0.2, 0) is 27.2 Å². The fourth-order valence-electron chi connectivity index (χ4n) is 4.44. The highest BCUT2D eigenvalue weighted by molar-refractivity contribution is 7.82. The van der Waals surface area contributed by atoms with Gasteiger partial charge in [-0.2, -0.15) is 12.6 Å². The standard InChI is InChI=1S/C19H22N2O4S/c22-16-13(20-18(25)19(26)8-1-2-9-19)7-6-11-4-3-5-12-10-14(17(23)24)21(16)15(11)12/h3-5,13-14,26H,1-2,6-10H2,(H,20,25)(H,23,24)/t13?,14-/m0/s1. The minimum atomic E-state index is -1.02. The molecule has 0 radical (unpaired) electrons. The summed E-state index contributed by atoms with van der Waals surface area (Å²) < 4.78 is -0.720. The molecule has 138 valence electrons. The molecule has 7 heteroatoms. The maximum absolute atomic E-state index is 13.2. The van der Waals surface area contributed by atoms with Crippen molar-refractivity contribution < 1.29 is 19.5 Å². The van der Waals surface area contributed by atoms with E-state index in [2.05, 4.69) is 17.9 Å². The number of thiol groups is 1. The summed E-state index contributed by atoms with van der Waals surface area (Å²) in [4.78, 5) is 39.0. The van der Waals surface area contributed by atoms with Crippen molar-refractivity contribution in [2.75, 3.05) is 4.90 Å². The van der Waals surface area contributed by atoms with Gasteiger partial charge in [-0.3, -0.25) is 14.5 Å². The second kappa shape index (κ2) is 6.30. The Morgan fingerprint density at radius 2 is 1.92 bits per heavy atom. The van der Waals surface area contributed by atoms with Gasteiger partial charge in [-0.15, -0.1) is 0 Å². The molecule has 0 spiro atoms. The van der Waals surface area contributed by atoms with Gasteiger partial charge in [0.25, 0.3) is 0 Å². The van der Waals surface area contributed by atoms with Crippen LogP contribution < -0.4 is 10.2 Å². The molecule has 2 aliphatic heterocycles. The molecular weight excluding hydrogens is 352 g/mol.